The molecule has 0 saturated heterocycles. The number of alkyl halides is 3. The van der Waals surface area contributed by atoms with Gasteiger partial charge in [0.1, 0.15) is 0 Å². The first-order valence-electron chi connectivity index (χ1n) is 10.5. The zero-order valence-corrected chi connectivity index (χ0v) is 19.0. The van der Waals surface area contributed by atoms with Crippen molar-refractivity contribution in [2.75, 3.05) is 11.9 Å². The van der Waals surface area contributed by atoms with Crippen LogP contribution < -0.4 is 4.90 Å². The van der Waals surface area contributed by atoms with Crippen LogP contribution in [0.5, 0.6) is 0 Å². The van der Waals surface area contributed by atoms with E-state index in [1.165, 1.54) is 56.1 Å². The van der Waals surface area contributed by atoms with Crippen LogP contribution in [-0.4, -0.2) is 29.5 Å². The molecule has 176 valence electrons. The fourth-order valence-corrected chi connectivity index (χ4v) is 4.16. The van der Waals surface area contributed by atoms with Crippen LogP contribution in [0.15, 0.2) is 53.7 Å². The minimum Gasteiger partial charge on any atom is -0.316 e. The number of nitrogens with zero attached hydrogens (tertiary/aromatic N) is 3. The maximum atomic E-state index is 13.4. The summed E-state index contributed by atoms with van der Waals surface area (Å²) < 4.78 is 39.8. The molecular formula is C25H22F3N3O3. The van der Waals surface area contributed by atoms with Crippen molar-refractivity contribution in [1.29, 1.82) is 5.26 Å². The first kappa shape index (κ1) is 24.7. The molecule has 6 nitrogen and oxygen atoms in total. The number of ketones is 2. The number of hydrogen-bond acceptors (Lipinski definition) is 4. The minimum absolute atomic E-state index is 0.0361. The Balaban J connectivity index is 2.26. The number of rotatable bonds is 5. The molecule has 9 heteroatoms. The van der Waals surface area contributed by atoms with Gasteiger partial charge in [-0.05, 0) is 49.7 Å². The van der Waals surface area contributed by atoms with Gasteiger partial charge in [0, 0.05) is 30.3 Å². The van der Waals surface area contributed by atoms with Gasteiger partial charge in [-0.3, -0.25) is 14.5 Å². The van der Waals surface area contributed by atoms with Gasteiger partial charge in [-0.1, -0.05) is 19.1 Å². The average molecular weight is 469 g/mol. The highest BCUT2D eigenvalue weighted by Gasteiger charge is 2.41. The third-order valence-corrected chi connectivity index (χ3v) is 5.79. The number of carbonyl (C=O) groups is 3. The monoisotopic (exact) mass is 469 g/mol. The molecule has 1 unspecified atom stereocenters. The number of benzene rings is 2. The predicted octanol–water partition coefficient (Wildman–Crippen LogP) is 5.65. The molecule has 0 fully saturated rings. The van der Waals surface area contributed by atoms with Crippen molar-refractivity contribution < 1.29 is 27.6 Å². The molecule has 0 saturated carbocycles. The third kappa shape index (κ3) is 4.31. The van der Waals surface area contributed by atoms with Gasteiger partial charge in [-0.2, -0.15) is 18.4 Å². The molecule has 2 amide bonds. The zero-order valence-electron chi connectivity index (χ0n) is 19.0. The second kappa shape index (κ2) is 9.14. The number of hydrogen-bond donors (Lipinski definition) is 0. The van der Waals surface area contributed by atoms with Gasteiger partial charge >= 0.3 is 12.2 Å². The lowest BCUT2D eigenvalue weighted by Crippen LogP contribution is -2.49. The number of amides is 2. The number of halogens is 3. The van der Waals surface area contributed by atoms with Crippen LogP contribution in [-0.2, 0) is 11.0 Å². The van der Waals surface area contributed by atoms with Crippen molar-refractivity contribution in [2.24, 2.45) is 0 Å². The van der Waals surface area contributed by atoms with Crippen molar-refractivity contribution in [3.8, 4) is 6.07 Å². The lowest BCUT2D eigenvalue weighted by Gasteiger charge is -2.41. The van der Waals surface area contributed by atoms with Crippen molar-refractivity contribution in [1.82, 2.24) is 4.90 Å². The van der Waals surface area contributed by atoms with Gasteiger partial charge in [0.15, 0.2) is 11.6 Å². The number of Topliss-reactive ketones (excluding diaryl/α,β-unsaturated/α-hetero) is 2. The lowest BCUT2D eigenvalue weighted by molar-refractivity contribution is -0.137. The summed E-state index contributed by atoms with van der Waals surface area (Å²) in [6, 6.07) is 9.10. The minimum atomic E-state index is -4.61. The molecule has 1 aliphatic rings. The Morgan fingerprint density at radius 3 is 2.38 bits per heavy atom. The molecule has 0 radical (unpaired) electrons. The maximum absolute atomic E-state index is 13.4. The van der Waals surface area contributed by atoms with Crippen molar-refractivity contribution in [2.45, 2.75) is 39.4 Å². The maximum Gasteiger partial charge on any atom is 0.416 e. The SMILES string of the molecule is CCC(=O)c1cc(C#N)ccc1C1C(C(C)=O)=C(C)N(c2cccc(C(F)(F)F)c2)C(=O)N1C. The number of allylic oxidation sites excluding steroid dienone is 1. The molecule has 0 aliphatic carbocycles. The molecule has 2 aromatic carbocycles. The summed E-state index contributed by atoms with van der Waals surface area (Å²) in [5, 5.41) is 9.26. The normalized spacial score (nSPS) is 16.5. The number of carbonyl (C=O) groups excluding carboxylic acids is 3. The molecule has 2 aromatic rings. The summed E-state index contributed by atoms with van der Waals surface area (Å²) in [7, 11) is 1.42. The summed E-state index contributed by atoms with van der Waals surface area (Å²) in [5.74, 6) is -0.674. The van der Waals surface area contributed by atoms with Crippen molar-refractivity contribution >= 4 is 23.3 Å². The fourth-order valence-electron chi connectivity index (χ4n) is 4.16. The van der Waals surface area contributed by atoms with Crippen LogP contribution >= 0.6 is 0 Å². The molecular weight excluding hydrogens is 447 g/mol. The average Bonchev–Trinajstić information content (AvgIpc) is 2.79. The van der Waals surface area contributed by atoms with Crippen LogP contribution in [0.4, 0.5) is 23.7 Å². The topological polar surface area (TPSA) is 81.5 Å². The second-order valence-electron chi connectivity index (χ2n) is 7.93. The van der Waals surface area contributed by atoms with E-state index in [1.54, 1.807) is 6.92 Å². The first-order chi connectivity index (χ1) is 15.9. The number of likely N-dealkylation sites (N-methyl/N-ethyl adjacent to an activating group) is 1. The Hall–Kier alpha value is -3.93. The number of anilines is 1. The van der Waals surface area contributed by atoms with E-state index in [1.807, 2.05) is 6.07 Å². The van der Waals surface area contributed by atoms with Crippen LogP contribution in [0.25, 0.3) is 0 Å². The smallest absolute Gasteiger partial charge is 0.316 e. The molecule has 0 aromatic heterocycles. The highest BCUT2D eigenvalue weighted by atomic mass is 19.4. The largest absolute Gasteiger partial charge is 0.416 e. The molecule has 0 bridgehead atoms. The predicted molar refractivity (Wildman–Crippen MR) is 119 cm³/mol. The summed E-state index contributed by atoms with van der Waals surface area (Å²) in [6.45, 7) is 4.44. The van der Waals surface area contributed by atoms with E-state index in [4.69, 9.17) is 0 Å². The van der Waals surface area contributed by atoms with Gasteiger partial charge in [-0.15, -0.1) is 0 Å². The summed E-state index contributed by atoms with van der Waals surface area (Å²) >= 11 is 0. The zero-order chi connectivity index (χ0) is 25.4. The number of nitriles is 1. The molecule has 3 rings (SSSR count). The fraction of sp³-hybridized carbons (Fsp3) is 0.280. The van der Waals surface area contributed by atoms with Crippen LogP contribution in [0, 0.1) is 11.3 Å². The second-order valence-corrected chi connectivity index (χ2v) is 7.93. The Morgan fingerprint density at radius 2 is 1.82 bits per heavy atom. The Labute approximate surface area is 194 Å². The summed E-state index contributed by atoms with van der Waals surface area (Å²) in [5.41, 5.74) is 0.198. The summed E-state index contributed by atoms with van der Waals surface area (Å²) in [6.07, 6.45) is -4.47. The van der Waals surface area contributed by atoms with E-state index in [9.17, 15) is 32.8 Å². The van der Waals surface area contributed by atoms with Gasteiger partial charge in [0.25, 0.3) is 0 Å². The van der Waals surface area contributed by atoms with E-state index in [0.29, 0.717) is 5.56 Å². The molecule has 1 aliphatic heterocycles. The number of urea groups is 1. The Morgan fingerprint density at radius 1 is 1.15 bits per heavy atom. The summed E-state index contributed by atoms with van der Waals surface area (Å²) in [4.78, 5) is 41.2. The Kier molecular flexibility index (Phi) is 6.64. The van der Waals surface area contributed by atoms with E-state index < -0.39 is 29.6 Å². The van der Waals surface area contributed by atoms with Crippen LogP contribution in [0.1, 0.15) is 60.3 Å². The van der Waals surface area contributed by atoms with E-state index in [-0.39, 0.29) is 40.3 Å². The standard InChI is InChI=1S/C25H22F3N3O3/c1-5-21(33)20-11-16(13-29)9-10-19(20)23-22(15(3)32)14(2)31(24(34)30(23)4)18-8-6-7-17(12-18)25(26,27)28/h6-12,23H,5H2,1-4H3. The van der Waals surface area contributed by atoms with Crippen molar-refractivity contribution in [3.63, 3.8) is 0 Å². The highest BCUT2D eigenvalue weighted by Crippen LogP contribution is 2.41. The van der Waals surface area contributed by atoms with Gasteiger partial charge in [-0.25, -0.2) is 4.79 Å². The Bertz CT molecular complexity index is 1260. The van der Waals surface area contributed by atoms with E-state index in [2.05, 4.69) is 0 Å². The van der Waals surface area contributed by atoms with Gasteiger partial charge in [0.05, 0.1) is 28.9 Å². The van der Waals surface area contributed by atoms with Crippen LogP contribution in [0.2, 0.25) is 0 Å². The van der Waals surface area contributed by atoms with Crippen molar-refractivity contribution in [3.05, 3.63) is 76.0 Å². The molecule has 0 N–H and O–H groups in total. The van der Waals surface area contributed by atoms with Gasteiger partial charge in [0.2, 0.25) is 0 Å². The van der Waals surface area contributed by atoms with E-state index in [0.717, 1.165) is 17.0 Å². The lowest BCUT2D eigenvalue weighted by atomic mass is 9.86. The molecule has 1 heterocycles. The third-order valence-electron chi connectivity index (χ3n) is 5.79. The van der Waals surface area contributed by atoms with Gasteiger partial charge < -0.3 is 4.90 Å². The molecule has 34 heavy (non-hydrogen) atoms. The molecule has 0 spiro atoms. The highest BCUT2D eigenvalue weighted by molar-refractivity contribution is 6.06. The molecule has 1 atom stereocenters. The van der Waals surface area contributed by atoms with E-state index >= 15 is 0 Å². The quantitative estimate of drug-likeness (QED) is 0.530. The first-order valence-corrected chi connectivity index (χ1v) is 10.5. The van der Waals surface area contributed by atoms with Crippen LogP contribution in [0.3, 0.4) is 0 Å².